The second-order valence-corrected chi connectivity index (χ2v) is 5.73. The van der Waals surface area contributed by atoms with E-state index in [4.69, 9.17) is 0 Å². The molecular formula is C13H25NO. The van der Waals surface area contributed by atoms with Gasteiger partial charge in [0.25, 0.3) is 0 Å². The van der Waals surface area contributed by atoms with Gasteiger partial charge in [0.2, 0.25) is 0 Å². The number of piperidine rings is 1. The Labute approximate surface area is 93.7 Å². The first kappa shape index (κ1) is 11.4. The van der Waals surface area contributed by atoms with Gasteiger partial charge in [0, 0.05) is 12.6 Å². The van der Waals surface area contributed by atoms with E-state index in [0.29, 0.717) is 12.0 Å². The fraction of sp³-hybridized carbons (Fsp3) is 1.00. The molecule has 0 radical (unpaired) electrons. The van der Waals surface area contributed by atoms with Gasteiger partial charge in [0.05, 0.1) is 5.60 Å². The molecule has 0 aromatic rings. The van der Waals surface area contributed by atoms with Gasteiger partial charge in [-0.1, -0.05) is 20.3 Å². The molecule has 0 amide bonds. The van der Waals surface area contributed by atoms with Crippen LogP contribution in [0.1, 0.15) is 52.4 Å². The Kier molecular flexibility index (Phi) is 3.36. The number of aliphatic hydroxyl groups is 1. The molecule has 15 heavy (non-hydrogen) atoms. The minimum Gasteiger partial charge on any atom is -0.390 e. The zero-order chi connectivity index (χ0) is 10.9. The maximum Gasteiger partial charge on any atom is 0.0677 e. The average Bonchev–Trinajstić information content (AvgIpc) is 2.63. The van der Waals surface area contributed by atoms with Gasteiger partial charge in [-0.3, -0.25) is 0 Å². The molecule has 0 aliphatic carbocycles. The number of fused-ring (bicyclic) bond motifs is 1. The number of rotatable bonds is 3. The van der Waals surface area contributed by atoms with E-state index in [-0.39, 0.29) is 5.60 Å². The smallest absolute Gasteiger partial charge is 0.0677 e. The number of hydrogen-bond donors (Lipinski definition) is 1. The van der Waals surface area contributed by atoms with Gasteiger partial charge < -0.3 is 10.0 Å². The minimum absolute atomic E-state index is 0.346. The van der Waals surface area contributed by atoms with E-state index in [1.165, 1.54) is 25.8 Å². The third-order valence-corrected chi connectivity index (χ3v) is 4.40. The molecule has 0 saturated carbocycles. The summed E-state index contributed by atoms with van der Waals surface area (Å²) in [6, 6.07) is 0.688. The molecule has 0 spiro atoms. The Morgan fingerprint density at radius 1 is 1.47 bits per heavy atom. The molecule has 0 aromatic carbocycles. The topological polar surface area (TPSA) is 23.5 Å². The fourth-order valence-corrected chi connectivity index (χ4v) is 3.29. The molecule has 2 nitrogen and oxygen atoms in total. The maximum absolute atomic E-state index is 10.6. The van der Waals surface area contributed by atoms with Crippen LogP contribution >= 0.6 is 0 Å². The SMILES string of the molecule is CCC(C)CC1(O)CCN2CCCC2C1. The molecule has 2 aliphatic rings. The van der Waals surface area contributed by atoms with Crippen molar-refractivity contribution in [3.05, 3.63) is 0 Å². The summed E-state index contributed by atoms with van der Waals surface area (Å²) in [6.45, 7) is 6.87. The van der Waals surface area contributed by atoms with E-state index in [1.807, 2.05) is 0 Å². The third-order valence-electron chi connectivity index (χ3n) is 4.40. The lowest BCUT2D eigenvalue weighted by atomic mass is 9.80. The standard InChI is InChI=1S/C13H25NO/c1-3-11(2)9-13(15)6-8-14-7-4-5-12(14)10-13/h11-12,15H,3-10H2,1-2H3. The van der Waals surface area contributed by atoms with E-state index >= 15 is 0 Å². The van der Waals surface area contributed by atoms with E-state index in [2.05, 4.69) is 18.7 Å². The zero-order valence-electron chi connectivity index (χ0n) is 10.2. The van der Waals surface area contributed by atoms with E-state index in [1.54, 1.807) is 0 Å². The fourth-order valence-electron chi connectivity index (χ4n) is 3.29. The molecular weight excluding hydrogens is 186 g/mol. The lowest BCUT2D eigenvalue weighted by Crippen LogP contribution is -2.48. The Balaban J connectivity index is 1.92. The zero-order valence-corrected chi connectivity index (χ0v) is 10.2. The largest absolute Gasteiger partial charge is 0.390 e. The first-order chi connectivity index (χ1) is 7.13. The highest BCUT2D eigenvalue weighted by Gasteiger charge is 2.40. The Hall–Kier alpha value is -0.0800. The molecule has 2 saturated heterocycles. The Bertz CT molecular complexity index is 219. The monoisotopic (exact) mass is 211 g/mol. The summed E-state index contributed by atoms with van der Waals surface area (Å²) in [5, 5.41) is 10.6. The predicted octanol–water partition coefficient (Wildman–Crippen LogP) is 2.41. The summed E-state index contributed by atoms with van der Waals surface area (Å²) < 4.78 is 0. The summed E-state index contributed by atoms with van der Waals surface area (Å²) >= 11 is 0. The number of nitrogens with zero attached hydrogens (tertiary/aromatic N) is 1. The van der Waals surface area contributed by atoms with Crippen LogP contribution in [0.15, 0.2) is 0 Å². The van der Waals surface area contributed by atoms with E-state index in [0.717, 1.165) is 25.8 Å². The normalized spacial score (nSPS) is 39.0. The van der Waals surface area contributed by atoms with Gasteiger partial charge in [0.1, 0.15) is 0 Å². The quantitative estimate of drug-likeness (QED) is 0.775. The lowest BCUT2D eigenvalue weighted by molar-refractivity contribution is -0.0513. The van der Waals surface area contributed by atoms with Gasteiger partial charge in [-0.05, 0) is 44.6 Å². The van der Waals surface area contributed by atoms with Crippen LogP contribution in [-0.4, -0.2) is 34.7 Å². The van der Waals surface area contributed by atoms with Crippen LogP contribution in [0, 0.1) is 5.92 Å². The predicted molar refractivity (Wildman–Crippen MR) is 62.9 cm³/mol. The van der Waals surface area contributed by atoms with Crippen LogP contribution in [0.25, 0.3) is 0 Å². The summed E-state index contributed by atoms with van der Waals surface area (Å²) in [6.07, 6.45) is 6.86. The van der Waals surface area contributed by atoms with Crippen molar-refractivity contribution in [2.75, 3.05) is 13.1 Å². The summed E-state index contributed by atoms with van der Waals surface area (Å²) in [7, 11) is 0. The summed E-state index contributed by atoms with van der Waals surface area (Å²) in [4.78, 5) is 2.57. The van der Waals surface area contributed by atoms with Crippen molar-refractivity contribution in [2.24, 2.45) is 5.92 Å². The van der Waals surface area contributed by atoms with Gasteiger partial charge in [0.15, 0.2) is 0 Å². The van der Waals surface area contributed by atoms with Crippen LogP contribution in [0.3, 0.4) is 0 Å². The van der Waals surface area contributed by atoms with E-state index < -0.39 is 0 Å². The van der Waals surface area contributed by atoms with Crippen LogP contribution in [0.4, 0.5) is 0 Å². The molecule has 88 valence electrons. The second kappa shape index (κ2) is 4.42. The first-order valence-corrected chi connectivity index (χ1v) is 6.59. The maximum atomic E-state index is 10.6. The summed E-state index contributed by atoms with van der Waals surface area (Å²) in [5.41, 5.74) is -0.346. The molecule has 3 unspecified atom stereocenters. The molecule has 2 heteroatoms. The highest BCUT2D eigenvalue weighted by atomic mass is 16.3. The van der Waals surface area contributed by atoms with Crippen LogP contribution in [-0.2, 0) is 0 Å². The lowest BCUT2D eigenvalue weighted by Gasteiger charge is -2.42. The van der Waals surface area contributed by atoms with Gasteiger partial charge in [-0.15, -0.1) is 0 Å². The van der Waals surface area contributed by atoms with E-state index in [9.17, 15) is 5.11 Å². The van der Waals surface area contributed by atoms with Crippen molar-refractivity contribution in [3.63, 3.8) is 0 Å². The molecule has 2 heterocycles. The second-order valence-electron chi connectivity index (χ2n) is 5.73. The van der Waals surface area contributed by atoms with Crippen molar-refractivity contribution in [3.8, 4) is 0 Å². The van der Waals surface area contributed by atoms with Crippen molar-refractivity contribution < 1.29 is 5.11 Å². The van der Waals surface area contributed by atoms with Crippen LogP contribution < -0.4 is 0 Å². The van der Waals surface area contributed by atoms with Crippen molar-refractivity contribution in [1.29, 1.82) is 0 Å². The van der Waals surface area contributed by atoms with Crippen LogP contribution in [0.5, 0.6) is 0 Å². The molecule has 0 aromatic heterocycles. The van der Waals surface area contributed by atoms with Gasteiger partial charge in [-0.25, -0.2) is 0 Å². The minimum atomic E-state index is -0.346. The van der Waals surface area contributed by atoms with Crippen molar-refractivity contribution in [2.45, 2.75) is 64.0 Å². The van der Waals surface area contributed by atoms with Gasteiger partial charge in [-0.2, -0.15) is 0 Å². The Morgan fingerprint density at radius 3 is 3.00 bits per heavy atom. The average molecular weight is 211 g/mol. The molecule has 1 N–H and O–H groups in total. The number of hydrogen-bond acceptors (Lipinski definition) is 2. The molecule has 2 aliphatic heterocycles. The third kappa shape index (κ3) is 2.54. The van der Waals surface area contributed by atoms with Crippen molar-refractivity contribution >= 4 is 0 Å². The highest BCUT2D eigenvalue weighted by Crippen LogP contribution is 2.36. The molecule has 2 rings (SSSR count). The van der Waals surface area contributed by atoms with Gasteiger partial charge >= 0.3 is 0 Å². The van der Waals surface area contributed by atoms with Crippen molar-refractivity contribution in [1.82, 2.24) is 4.90 Å². The van der Waals surface area contributed by atoms with Crippen LogP contribution in [0.2, 0.25) is 0 Å². The highest BCUT2D eigenvalue weighted by molar-refractivity contribution is 4.95. The summed E-state index contributed by atoms with van der Waals surface area (Å²) in [5.74, 6) is 0.669. The molecule has 3 atom stereocenters. The molecule has 2 fully saturated rings. The Morgan fingerprint density at radius 2 is 2.27 bits per heavy atom. The first-order valence-electron chi connectivity index (χ1n) is 6.59. The molecule has 0 bridgehead atoms.